The number of nitrogens with one attached hydrogen (secondary N) is 2. The minimum Gasteiger partial charge on any atom is -0.388 e. The molecule has 3 N–H and O–H groups in total. The second-order valence-corrected chi connectivity index (χ2v) is 6.08. The molecule has 0 heterocycles. The van der Waals surface area contributed by atoms with Crippen LogP contribution in [0, 0.1) is 5.92 Å². The van der Waals surface area contributed by atoms with Crippen molar-refractivity contribution >= 4 is 5.96 Å². The van der Waals surface area contributed by atoms with E-state index in [-0.39, 0.29) is 0 Å². The van der Waals surface area contributed by atoms with Crippen LogP contribution >= 0.6 is 0 Å². The van der Waals surface area contributed by atoms with Crippen LogP contribution in [0.25, 0.3) is 0 Å². The molecule has 118 valence electrons. The Morgan fingerprint density at radius 3 is 2.30 bits per heavy atom. The molecule has 20 heavy (non-hydrogen) atoms. The normalized spacial score (nSPS) is 16.3. The monoisotopic (exact) mass is 283 g/mol. The third-order valence-electron chi connectivity index (χ3n) is 3.85. The van der Waals surface area contributed by atoms with E-state index in [9.17, 15) is 5.11 Å². The van der Waals surface area contributed by atoms with Crippen molar-refractivity contribution in [1.82, 2.24) is 10.6 Å². The smallest absolute Gasteiger partial charge is 0.191 e. The topological polar surface area (TPSA) is 56.7 Å². The molecular formula is C16H33N3O. The van der Waals surface area contributed by atoms with Gasteiger partial charge < -0.3 is 15.7 Å². The van der Waals surface area contributed by atoms with Crippen molar-refractivity contribution in [3.8, 4) is 0 Å². The Kier molecular flexibility index (Phi) is 7.97. The van der Waals surface area contributed by atoms with Crippen molar-refractivity contribution in [1.29, 1.82) is 0 Å². The SMILES string of the molecule is CCCC(O)(CCC)CN=C(NCC)NCCC1CC1. The highest BCUT2D eigenvalue weighted by Crippen LogP contribution is 2.31. The van der Waals surface area contributed by atoms with Crippen molar-refractivity contribution in [2.45, 2.75) is 71.3 Å². The summed E-state index contributed by atoms with van der Waals surface area (Å²) in [6.07, 6.45) is 7.66. The number of aliphatic imine (C=N–C) groups is 1. The largest absolute Gasteiger partial charge is 0.388 e. The summed E-state index contributed by atoms with van der Waals surface area (Å²) in [6.45, 7) is 8.63. The first-order chi connectivity index (χ1) is 9.63. The van der Waals surface area contributed by atoms with Crippen molar-refractivity contribution < 1.29 is 5.11 Å². The zero-order valence-electron chi connectivity index (χ0n) is 13.5. The molecule has 0 aromatic rings. The number of rotatable bonds is 10. The van der Waals surface area contributed by atoms with Crippen LogP contribution in [-0.2, 0) is 0 Å². The predicted octanol–water partition coefficient (Wildman–Crippen LogP) is 2.67. The summed E-state index contributed by atoms with van der Waals surface area (Å²) >= 11 is 0. The van der Waals surface area contributed by atoms with Gasteiger partial charge in [-0.2, -0.15) is 0 Å². The molecule has 4 heteroatoms. The van der Waals surface area contributed by atoms with Crippen molar-refractivity contribution in [2.75, 3.05) is 19.6 Å². The van der Waals surface area contributed by atoms with Gasteiger partial charge >= 0.3 is 0 Å². The van der Waals surface area contributed by atoms with E-state index >= 15 is 0 Å². The second-order valence-electron chi connectivity index (χ2n) is 6.08. The van der Waals surface area contributed by atoms with Gasteiger partial charge in [-0.25, -0.2) is 0 Å². The standard InChI is InChI=1S/C16H33N3O/c1-4-10-16(20,11-5-2)13-19-15(17-6-3)18-12-9-14-7-8-14/h14,20H,4-13H2,1-3H3,(H2,17,18,19). The van der Waals surface area contributed by atoms with Crippen LogP contribution in [0.2, 0.25) is 0 Å². The Bertz CT molecular complexity index is 281. The number of nitrogens with zero attached hydrogens (tertiary/aromatic N) is 1. The van der Waals surface area contributed by atoms with E-state index in [1.807, 2.05) is 0 Å². The maximum atomic E-state index is 10.6. The first kappa shape index (κ1) is 17.3. The first-order valence-electron chi connectivity index (χ1n) is 8.38. The zero-order valence-corrected chi connectivity index (χ0v) is 13.5. The van der Waals surface area contributed by atoms with Gasteiger partial charge in [0.1, 0.15) is 0 Å². The molecule has 0 spiro atoms. The third kappa shape index (κ3) is 7.13. The average Bonchev–Trinajstić information content (AvgIpc) is 3.21. The molecule has 0 bridgehead atoms. The Morgan fingerprint density at radius 2 is 1.80 bits per heavy atom. The molecule has 0 unspecified atom stereocenters. The number of hydrogen-bond acceptors (Lipinski definition) is 2. The van der Waals surface area contributed by atoms with E-state index in [1.54, 1.807) is 0 Å². The number of hydrogen-bond donors (Lipinski definition) is 3. The van der Waals surface area contributed by atoms with Gasteiger partial charge in [0.2, 0.25) is 0 Å². The van der Waals surface area contributed by atoms with Gasteiger partial charge in [0.05, 0.1) is 12.1 Å². The van der Waals surface area contributed by atoms with Gasteiger partial charge in [0.15, 0.2) is 5.96 Å². The Labute approximate surface area is 124 Å². The minimum atomic E-state index is -0.637. The molecule has 0 aliphatic heterocycles. The van der Waals surface area contributed by atoms with Gasteiger partial charge in [0.25, 0.3) is 0 Å². The third-order valence-corrected chi connectivity index (χ3v) is 3.85. The molecule has 1 aliphatic carbocycles. The molecule has 0 radical (unpaired) electrons. The fourth-order valence-corrected chi connectivity index (χ4v) is 2.58. The maximum absolute atomic E-state index is 10.6. The molecule has 1 rings (SSSR count). The van der Waals surface area contributed by atoms with Crippen LogP contribution in [0.4, 0.5) is 0 Å². The van der Waals surface area contributed by atoms with Crippen LogP contribution in [0.15, 0.2) is 4.99 Å². The van der Waals surface area contributed by atoms with Crippen LogP contribution < -0.4 is 10.6 Å². The highest BCUT2D eigenvalue weighted by atomic mass is 16.3. The summed E-state index contributed by atoms with van der Waals surface area (Å²) in [6, 6.07) is 0. The van der Waals surface area contributed by atoms with Crippen molar-refractivity contribution in [3.63, 3.8) is 0 Å². The lowest BCUT2D eigenvalue weighted by Crippen LogP contribution is -2.40. The molecule has 0 aromatic carbocycles. The lowest BCUT2D eigenvalue weighted by Gasteiger charge is -2.26. The second kappa shape index (κ2) is 9.22. The summed E-state index contributed by atoms with van der Waals surface area (Å²) in [5.41, 5.74) is -0.637. The van der Waals surface area contributed by atoms with E-state index in [2.05, 4.69) is 36.4 Å². The molecular weight excluding hydrogens is 250 g/mol. The minimum absolute atomic E-state index is 0.493. The van der Waals surface area contributed by atoms with Gasteiger partial charge in [-0.3, -0.25) is 4.99 Å². The van der Waals surface area contributed by atoms with E-state index < -0.39 is 5.60 Å². The first-order valence-corrected chi connectivity index (χ1v) is 8.38. The van der Waals surface area contributed by atoms with Crippen LogP contribution in [0.3, 0.4) is 0 Å². The quantitative estimate of drug-likeness (QED) is 0.427. The van der Waals surface area contributed by atoms with Crippen molar-refractivity contribution in [2.24, 2.45) is 10.9 Å². The number of aliphatic hydroxyl groups is 1. The van der Waals surface area contributed by atoms with E-state index in [0.717, 1.165) is 50.7 Å². The lowest BCUT2D eigenvalue weighted by atomic mass is 9.93. The van der Waals surface area contributed by atoms with Crippen LogP contribution in [0.5, 0.6) is 0 Å². The van der Waals surface area contributed by atoms with E-state index in [1.165, 1.54) is 19.3 Å². The fourth-order valence-electron chi connectivity index (χ4n) is 2.58. The average molecular weight is 283 g/mol. The molecule has 1 aliphatic rings. The maximum Gasteiger partial charge on any atom is 0.191 e. The van der Waals surface area contributed by atoms with E-state index in [0.29, 0.717) is 6.54 Å². The van der Waals surface area contributed by atoms with Crippen molar-refractivity contribution in [3.05, 3.63) is 0 Å². The zero-order chi connectivity index (χ0) is 14.8. The summed E-state index contributed by atoms with van der Waals surface area (Å²) in [7, 11) is 0. The van der Waals surface area contributed by atoms with Crippen LogP contribution in [0.1, 0.15) is 65.7 Å². The van der Waals surface area contributed by atoms with Crippen LogP contribution in [-0.4, -0.2) is 36.3 Å². The Balaban J connectivity index is 2.44. The van der Waals surface area contributed by atoms with Gasteiger partial charge in [-0.15, -0.1) is 0 Å². The Hall–Kier alpha value is -0.770. The number of guanidine groups is 1. The Morgan fingerprint density at radius 1 is 1.15 bits per heavy atom. The summed E-state index contributed by atoms with van der Waals surface area (Å²) < 4.78 is 0. The highest BCUT2D eigenvalue weighted by Gasteiger charge is 2.24. The van der Waals surface area contributed by atoms with Gasteiger partial charge in [-0.1, -0.05) is 39.5 Å². The van der Waals surface area contributed by atoms with E-state index in [4.69, 9.17) is 0 Å². The summed E-state index contributed by atoms with van der Waals surface area (Å²) in [5.74, 6) is 1.78. The fraction of sp³-hybridized carbons (Fsp3) is 0.938. The highest BCUT2D eigenvalue weighted by molar-refractivity contribution is 5.79. The molecule has 1 fully saturated rings. The predicted molar refractivity (Wildman–Crippen MR) is 86.1 cm³/mol. The summed E-state index contributed by atoms with van der Waals surface area (Å²) in [4.78, 5) is 4.58. The van der Waals surface area contributed by atoms with Gasteiger partial charge in [0, 0.05) is 13.1 Å². The molecule has 0 saturated heterocycles. The lowest BCUT2D eigenvalue weighted by molar-refractivity contribution is 0.0306. The molecule has 4 nitrogen and oxygen atoms in total. The summed E-state index contributed by atoms with van der Waals surface area (Å²) in [5, 5.41) is 17.2. The van der Waals surface area contributed by atoms with Gasteiger partial charge in [-0.05, 0) is 32.1 Å². The molecule has 0 amide bonds. The molecule has 0 aromatic heterocycles. The molecule has 0 atom stereocenters. The molecule has 1 saturated carbocycles.